The molecule has 3 nitrogen and oxygen atoms in total. The van der Waals surface area contributed by atoms with E-state index in [1.165, 1.54) is 0 Å². The molecule has 0 aliphatic rings. The lowest BCUT2D eigenvalue weighted by Gasteiger charge is -2.06. The molecule has 3 rings (SSSR count). The summed E-state index contributed by atoms with van der Waals surface area (Å²) in [4.78, 5) is 5.29. The zero-order valence-electron chi connectivity index (χ0n) is 13.9. The molecule has 0 aliphatic carbocycles. The summed E-state index contributed by atoms with van der Waals surface area (Å²) in [5.74, 6) is 0.801. The van der Waals surface area contributed by atoms with Crippen LogP contribution < -0.4 is 4.74 Å². The molecule has 132 valence electrons. The van der Waals surface area contributed by atoms with Gasteiger partial charge >= 0.3 is 0 Å². The van der Waals surface area contributed by atoms with Crippen LogP contribution in [0.3, 0.4) is 0 Å². The van der Waals surface area contributed by atoms with Gasteiger partial charge in [-0.1, -0.05) is 64.8 Å². The van der Waals surface area contributed by atoms with Gasteiger partial charge in [0.1, 0.15) is 19.0 Å². The van der Waals surface area contributed by atoms with Gasteiger partial charge in [-0.2, -0.15) is 0 Å². The van der Waals surface area contributed by atoms with Crippen LogP contribution in [0.1, 0.15) is 16.7 Å². The van der Waals surface area contributed by atoms with E-state index in [1.807, 2.05) is 54.6 Å². The number of rotatable bonds is 7. The zero-order chi connectivity index (χ0) is 18.2. The molecule has 0 N–H and O–H groups in total. The minimum absolute atomic E-state index is 0.216. The topological polar surface area (TPSA) is 30.8 Å². The van der Waals surface area contributed by atoms with Crippen molar-refractivity contribution in [1.82, 2.24) is 0 Å². The molecule has 0 bridgehead atoms. The molecule has 0 saturated carbocycles. The number of ether oxygens (including phenoxy) is 1. The van der Waals surface area contributed by atoms with E-state index in [0.717, 1.165) is 22.4 Å². The molecule has 0 saturated heterocycles. The third-order valence-corrected chi connectivity index (χ3v) is 4.38. The molecule has 0 radical (unpaired) electrons. The Morgan fingerprint density at radius 3 is 2.15 bits per heavy atom. The van der Waals surface area contributed by atoms with Gasteiger partial charge in [0.05, 0.1) is 6.21 Å². The molecule has 0 unspecified atom stereocenters. The van der Waals surface area contributed by atoms with Gasteiger partial charge in [-0.25, -0.2) is 0 Å². The van der Waals surface area contributed by atoms with Crippen LogP contribution in [0, 0.1) is 0 Å². The predicted octanol–water partition coefficient (Wildman–Crippen LogP) is 6.12. The van der Waals surface area contributed by atoms with Gasteiger partial charge in [-0.05, 0) is 47.5 Å². The van der Waals surface area contributed by atoms with Gasteiger partial charge in [-0.3, -0.25) is 0 Å². The van der Waals surface area contributed by atoms with Crippen molar-refractivity contribution >= 4 is 29.4 Å². The van der Waals surface area contributed by atoms with Crippen molar-refractivity contribution in [3.8, 4) is 5.75 Å². The Morgan fingerprint density at radius 1 is 0.769 bits per heavy atom. The van der Waals surface area contributed by atoms with Crippen LogP contribution in [0.4, 0.5) is 0 Å². The Hall–Kier alpha value is -2.49. The SMILES string of the molecule is Clc1cccc(Cl)c1CON=Cc1ccc(OCc2ccccc2)cc1. The number of benzene rings is 3. The highest BCUT2D eigenvalue weighted by Crippen LogP contribution is 2.24. The summed E-state index contributed by atoms with van der Waals surface area (Å²) >= 11 is 12.2. The number of halogens is 2. The van der Waals surface area contributed by atoms with Crippen molar-refractivity contribution in [3.05, 3.63) is 99.5 Å². The van der Waals surface area contributed by atoms with Crippen molar-refractivity contribution in [2.45, 2.75) is 13.2 Å². The zero-order valence-corrected chi connectivity index (χ0v) is 15.5. The summed E-state index contributed by atoms with van der Waals surface area (Å²) in [5.41, 5.74) is 2.75. The van der Waals surface area contributed by atoms with Gasteiger partial charge in [0.2, 0.25) is 0 Å². The van der Waals surface area contributed by atoms with E-state index >= 15 is 0 Å². The first-order valence-corrected chi connectivity index (χ1v) is 8.83. The molecule has 26 heavy (non-hydrogen) atoms. The van der Waals surface area contributed by atoms with Gasteiger partial charge in [0.15, 0.2) is 0 Å². The Morgan fingerprint density at radius 2 is 1.46 bits per heavy atom. The second-order valence-electron chi connectivity index (χ2n) is 5.55. The van der Waals surface area contributed by atoms with Gasteiger partial charge in [0, 0.05) is 15.6 Å². The lowest BCUT2D eigenvalue weighted by molar-refractivity contribution is 0.132. The van der Waals surface area contributed by atoms with E-state index in [2.05, 4.69) is 5.16 Å². The fourth-order valence-electron chi connectivity index (χ4n) is 2.26. The number of hydrogen-bond donors (Lipinski definition) is 0. The second-order valence-corrected chi connectivity index (χ2v) is 6.37. The third-order valence-electron chi connectivity index (χ3n) is 3.68. The standard InChI is InChI=1S/C21H17Cl2NO2/c22-20-7-4-8-21(23)19(20)15-26-24-13-16-9-11-18(12-10-16)25-14-17-5-2-1-3-6-17/h1-13H,14-15H2. The van der Waals surface area contributed by atoms with E-state index in [0.29, 0.717) is 16.7 Å². The fraction of sp³-hybridized carbons (Fsp3) is 0.0952. The van der Waals surface area contributed by atoms with E-state index in [4.69, 9.17) is 32.8 Å². The number of oxime groups is 1. The summed E-state index contributed by atoms with van der Waals surface area (Å²) in [6.07, 6.45) is 1.63. The summed E-state index contributed by atoms with van der Waals surface area (Å²) < 4.78 is 5.75. The van der Waals surface area contributed by atoms with Crippen LogP contribution in [0.2, 0.25) is 10.0 Å². The minimum atomic E-state index is 0.216. The number of nitrogens with zero attached hydrogens (tertiary/aromatic N) is 1. The average molecular weight is 386 g/mol. The van der Waals surface area contributed by atoms with Crippen molar-refractivity contribution < 1.29 is 9.57 Å². The summed E-state index contributed by atoms with van der Waals surface area (Å²) in [7, 11) is 0. The fourth-order valence-corrected chi connectivity index (χ4v) is 2.77. The maximum atomic E-state index is 6.09. The summed E-state index contributed by atoms with van der Waals surface area (Å²) in [5, 5.41) is 5.08. The number of hydrogen-bond acceptors (Lipinski definition) is 3. The molecule has 0 fully saturated rings. The first-order chi connectivity index (χ1) is 12.7. The lowest BCUT2D eigenvalue weighted by Crippen LogP contribution is -1.95. The van der Waals surface area contributed by atoms with Crippen LogP contribution >= 0.6 is 23.2 Å². The quantitative estimate of drug-likeness (QED) is 0.362. The Labute approximate surface area is 162 Å². The van der Waals surface area contributed by atoms with Crippen LogP contribution in [-0.2, 0) is 18.1 Å². The molecular formula is C21H17Cl2NO2. The first kappa shape index (κ1) is 18.3. The molecule has 5 heteroatoms. The van der Waals surface area contributed by atoms with Crippen molar-refractivity contribution in [2.24, 2.45) is 5.16 Å². The minimum Gasteiger partial charge on any atom is -0.489 e. The smallest absolute Gasteiger partial charge is 0.145 e. The van der Waals surface area contributed by atoms with Gasteiger partial charge in [0.25, 0.3) is 0 Å². The Bertz CT molecular complexity index is 845. The highest BCUT2D eigenvalue weighted by molar-refractivity contribution is 6.35. The monoisotopic (exact) mass is 385 g/mol. The van der Waals surface area contributed by atoms with Gasteiger partial charge in [-0.15, -0.1) is 0 Å². The van der Waals surface area contributed by atoms with E-state index in [-0.39, 0.29) is 6.61 Å². The largest absolute Gasteiger partial charge is 0.489 e. The summed E-state index contributed by atoms with van der Waals surface area (Å²) in [6.45, 7) is 0.753. The molecule has 0 atom stereocenters. The molecule has 3 aromatic carbocycles. The molecule has 0 aliphatic heterocycles. The van der Waals surface area contributed by atoms with Crippen LogP contribution in [0.15, 0.2) is 78.0 Å². The molecule has 0 amide bonds. The van der Waals surface area contributed by atoms with Crippen molar-refractivity contribution in [1.29, 1.82) is 0 Å². The Kier molecular flexibility index (Phi) is 6.53. The second kappa shape index (κ2) is 9.27. The molecule has 0 heterocycles. The van der Waals surface area contributed by atoms with E-state index in [9.17, 15) is 0 Å². The molecule has 0 spiro atoms. The molecule has 0 aromatic heterocycles. The van der Waals surface area contributed by atoms with E-state index in [1.54, 1.807) is 24.4 Å². The van der Waals surface area contributed by atoms with Crippen LogP contribution in [0.5, 0.6) is 5.75 Å². The third kappa shape index (κ3) is 5.25. The van der Waals surface area contributed by atoms with Gasteiger partial charge < -0.3 is 9.57 Å². The maximum absolute atomic E-state index is 6.09. The maximum Gasteiger partial charge on any atom is 0.145 e. The molecular weight excluding hydrogens is 369 g/mol. The highest BCUT2D eigenvalue weighted by Gasteiger charge is 2.05. The molecule has 3 aromatic rings. The summed E-state index contributed by atoms with van der Waals surface area (Å²) in [6, 6.07) is 23.0. The van der Waals surface area contributed by atoms with Crippen molar-refractivity contribution in [2.75, 3.05) is 0 Å². The van der Waals surface area contributed by atoms with Crippen LogP contribution in [-0.4, -0.2) is 6.21 Å². The van der Waals surface area contributed by atoms with Crippen molar-refractivity contribution in [3.63, 3.8) is 0 Å². The first-order valence-electron chi connectivity index (χ1n) is 8.07. The lowest BCUT2D eigenvalue weighted by atomic mass is 10.2. The highest BCUT2D eigenvalue weighted by atomic mass is 35.5. The van der Waals surface area contributed by atoms with Crippen LogP contribution in [0.25, 0.3) is 0 Å². The normalized spacial score (nSPS) is 10.8. The predicted molar refractivity (Wildman–Crippen MR) is 106 cm³/mol. The van der Waals surface area contributed by atoms with E-state index < -0.39 is 0 Å². The Balaban J connectivity index is 1.50. The average Bonchev–Trinajstić information content (AvgIpc) is 2.67.